The number of urea groups is 1. The van der Waals surface area contributed by atoms with E-state index in [1.54, 1.807) is 37.5 Å². The third-order valence-electron chi connectivity index (χ3n) is 5.81. The lowest BCUT2D eigenvalue weighted by Crippen LogP contribution is -2.54. The van der Waals surface area contributed by atoms with Crippen molar-refractivity contribution in [1.82, 2.24) is 14.7 Å². The van der Waals surface area contributed by atoms with E-state index in [4.69, 9.17) is 14.2 Å². The maximum absolute atomic E-state index is 13.4. The van der Waals surface area contributed by atoms with Gasteiger partial charge >= 0.3 is 18.1 Å². The number of esters is 1. The molecule has 9 nitrogen and oxygen atoms in total. The zero-order valence-electron chi connectivity index (χ0n) is 21.9. The number of carbonyl (C=O) groups is 3. The summed E-state index contributed by atoms with van der Waals surface area (Å²) in [6.45, 7) is 14.5. The summed E-state index contributed by atoms with van der Waals surface area (Å²) in [5.74, 6) is -0.499. The van der Waals surface area contributed by atoms with E-state index in [-0.39, 0.29) is 18.7 Å². The fourth-order valence-electron chi connectivity index (χ4n) is 4.50. The zero-order chi connectivity index (χ0) is 26.0. The molecule has 2 aliphatic rings. The first-order valence-corrected chi connectivity index (χ1v) is 12.2. The predicted molar refractivity (Wildman–Crippen MR) is 131 cm³/mol. The Morgan fingerprint density at radius 1 is 1.00 bits per heavy atom. The highest BCUT2D eigenvalue weighted by molar-refractivity contribution is 5.86. The van der Waals surface area contributed by atoms with Gasteiger partial charge in [-0.1, -0.05) is 30.3 Å². The molecule has 0 bridgehead atoms. The lowest BCUT2D eigenvalue weighted by Gasteiger charge is -2.36. The normalized spacial score (nSPS) is 20.4. The van der Waals surface area contributed by atoms with Crippen LogP contribution in [-0.4, -0.2) is 88.4 Å². The summed E-state index contributed by atoms with van der Waals surface area (Å²) in [7, 11) is 0. The van der Waals surface area contributed by atoms with Crippen LogP contribution in [0.1, 0.15) is 54.0 Å². The van der Waals surface area contributed by atoms with Crippen LogP contribution in [0.2, 0.25) is 0 Å². The summed E-state index contributed by atoms with van der Waals surface area (Å²) < 4.78 is 17.2. The monoisotopic (exact) mass is 489 g/mol. The van der Waals surface area contributed by atoms with Crippen molar-refractivity contribution < 1.29 is 28.6 Å². The average molecular weight is 490 g/mol. The molecule has 2 aliphatic heterocycles. The highest BCUT2D eigenvalue weighted by Gasteiger charge is 2.49. The van der Waals surface area contributed by atoms with E-state index in [0.717, 1.165) is 5.56 Å². The highest BCUT2D eigenvalue weighted by atomic mass is 16.6. The molecule has 9 heteroatoms. The molecule has 2 saturated heterocycles. The summed E-state index contributed by atoms with van der Waals surface area (Å²) in [4.78, 5) is 44.1. The number of piperazine rings is 1. The molecule has 3 amide bonds. The minimum atomic E-state index is -0.898. The van der Waals surface area contributed by atoms with Crippen molar-refractivity contribution in [2.24, 2.45) is 0 Å². The van der Waals surface area contributed by atoms with Gasteiger partial charge in [-0.25, -0.2) is 14.4 Å². The second-order valence-corrected chi connectivity index (χ2v) is 11.2. The van der Waals surface area contributed by atoms with Crippen molar-refractivity contribution in [2.45, 2.75) is 84.5 Å². The van der Waals surface area contributed by atoms with Gasteiger partial charge in [-0.3, -0.25) is 0 Å². The largest absolute Gasteiger partial charge is 0.458 e. The van der Waals surface area contributed by atoms with Crippen LogP contribution < -0.4 is 0 Å². The van der Waals surface area contributed by atoms with Crippen molar-refractivity contribution in [3.05, 3.63) is 35.9 Å². The molecule has 0 saturated carbocycles. The van der Waals surface area contributed by atoms with E-state index in [2.05, 4.69) is 0 Å². The van der Waals surface area contributed by atoms with E-state index in [1.165, 1.54) is 4.90 Å². The summed E-state index contributed by atoms with van der Waals surface area (Å²) in [5, 5.41) is 0. The number of hydrogen-bond acceptors (Lipinski definition) is 6. The molecule has 0 spiro atoms. The molecular formula is C26H39N3O6. The Kier molecular flexibility index (Phi) is 7.99. The third-order valence-corrected chi connectivity index (χ3v) is 5.81. The third kappa shape index (κ3) is 7.10. The molecule has 1 aromatic rings. The molecule has 0 aromatic heterocycles. The minimum absolute atomic E-state index is 0.192. The van der Waals surface area contributed by atoms with Gasteiger partial charge in [0.2, 0.25) is 0 Å². The Hall–Kier alpha value is -2.81. The first kappa shape index (κ1) is 26.8. The Labute approximate surface area is 208 Å². The number of benzene rings is 1. The fourth-order valence-corrected chi connectivity index (χ4v) is 4.50. The van der Waals surface area contributed by atoms with Gasteiger partial charge in [0.1, 0.15) is 12.2 Å². The van der Waals surface area contributed by atoms with Crippen molar-refractivity contribution >= 4 is 18.1 Å². The highest BCUT2D eigenvalue weighted by Crippen LogP contribution is 2.28. The van der Waals surface area contributed by atoms with E-state index in [0.29, 0.717) is 26.2 Å². The van der Waals surface area contributed by atoms with Gasteiger partial charge in [0.25, 0.3) is 0 Å². The van der Waals surface area contributed by atoms with Crippen LogP contribution in [0.15, 0.2) is 30.3 Å². The molecule has 194 valence electrons. The van der Waals surface area contributed by atoms with Gasteiger partial charge in [0, 0.05) is 26.2 Å². The molecule has 0 radical (unpaired) electrons. The van der Waals surface area contributed by atoms with Gasteiger partial charge in [-0.15, -0.1) is 0 Å². The van der Waals surface area contributed by atoms with Gasteiger partial charge in [-0.2, -0.15) is 0 Å². The topological polar surface area (TPSA) is 88.6 Å². The van der Waals surface area contributed by atoms with E-state index >= 15 is 0 Å². The fraction of sp³-hybridized carbons (Fsp3) is 0.654. The Morgan fingerprint density at radius 2 is 1.66 bits per heavy atom. The summed E-state index contributed by atoms with van der Waals surface area (Å²) >= 11 is 0. The molecule has 0 N–H and O–H groups in total. The minimum Gasteiger partial charge on any atom is -0.458 e. The lowest BCUT2D eigenvalue weighted by atomic mass is 10.1. The molecule has 1 unspecified atom stereocenters. The first-order valence-electron chi connectivity index (χ1n) is 12.2. The Morgan fingerprint density at radius 3 is 2.26 bits per heavy atom. The molecule has 2 fully saturated rings. The number of fused-ring (bicyclic) bond motifs is 1. The summed E-state index contributed by atoms with van der Waals surface area (Å²) in [6, 6.07) is 8.11. The number of carbonyl (C=O) groups excluding carboxylic acids is 3. The molecule has 3 rings (SSSR count). The number of rotatable bonds is 6. The van der Waals surface area contributed by atoms with Crippen LogP contribution in [0.5, 0.6) is 0 Å². The van der Waals surface area contributed by atoms with Gasteiger partial charge < -0.3 is 28.9 Å². The SMILES string of the molecule is C[C@@H](OC(C)(C)C)[C@@H](C(=O)OC(C)(C)C)N1CC2CN(C(=O)OCc3ccccc3)CCN2C1=O. The molecule has 2 heterocycles. The maximum Gasteiger partial charge on any atom is 0.410 e. The van der Waals surface area contributed by atoms with Crippen molar-refractivity contribution in [3.8, 4) is 0 Å². The van der Waals surface area contributed by atoms with Crippen LogP contribution >= 0.6 is 0 Å². The smallest absolute Gasteiger partial charge is 0.410 e. The standard InChI is InChI=1S/C26H39N3O6/c1-18(34-25(2,3)4)21(22(30)35-26(5,6)7)29-16-20-15-27(13-14-28(20)23(29)31)24(32)33-17-19-11-9-8-10-12-19/h8-12,18,20-21H,13-17H2,1-7H3/t18-,20?,21+/m1/s1. The predicted octanol–water partition coefficient (Wildman–Crippen LogP) is 3.66. The molecule has 1 aromatic carbocycles. The van der Waals surface area contributed by atoms with Crippen molar-refractivity contribution in [1.29, 1.82) is 0 Å². The van der Waals surface area contributed by atoms with Crippen LogP contribution in [0.4, 0.5) is 9.59 Å². The van der Waals surface area contributed by atoms with Crippen LogP contribution in [0, 0.1) is 0 Å². The van der Waals surface area contributed by atoms with E-state index in [1.807, 2.05) is 51.1 Å². The van der Waals surface area contributed by atoms with Crippen LogP contribution in [0.3, 0.4) is 0 Å². The number of amides is 3. The molecule has 35 heavy (non-hydrogen) atoms. The Bertz CT molecular complexity index is 908. The number of hydrogen-bond donors (Lipinski definition) is 0. The van der Waals surface area contributed by atoms with Crippen molar-refractivity contribution in [2.75, 3.05) is 26.2 Å². The molecule has 3 atom stereocenters. The lowest BCUT2D eigenvalue weighted by molar-refractivity contribution is -0.169. The van der Waals surface area contributed by atoms with Gasteiger partial charge in [0.15, 0.2) is 6.04 Å². The summed E-state index contributed by atoms with van der Waals surface area (Å²) in [5.41, 5.74) is -0.296. The van der Waals surface area contributed by atoms with E-state index in [9.17, 15) is 14.4 Å². The first-order chi connectivity index (χ1) is 16.2. The van der Waals surface area contributed by atoms with Gasteiger partial charge in [0.05, 0.1) is 17.7 Å². The summed E-state index contributed by atoms with van der Waals surface area (Å²) in [6.07, 6.45) is -0.991. The molecule has 0 aliphatic carbocycles. The number of ether oxygens (including phenoxy) is 3. The van der Waals surface area contributed by atoms with Crippen LogP contribution in [-0.2, 0) is 25.6 Å². The molecular weight excluding hydrogens is 450 g/mol. The van der Waals surface area contributed by atoms with E-state index < -0.39 is 35.4 Å². The van der Waals surface area contributed by atoms with Gasteiger partial charge in [-0.05, 0) is 54.0 Å². The van der Waals surface area contributed by atoms with Crippen LogP contribution in [0.25, 0.3) is 0 Å². The van der Waals surface area contributed by atoms with Crippen molar-refractivity contribution in [3.63, 3.8) is 0 Å². The second kappa shape index (κ2) is 10.4. The second-order valence-electron chi connectivity index (χ2n) is 11.2. The quantitative estimate of drug-likeness (QED) is 0.567. The average Bonchev–Trinajstić information content (AvgIpc) is 3.05. The Balaban J connectivity index is 1.70. The zero-order valence-corrected chi connectivity index (χ0v) is 21.9. The number of nitrogens with zero attached hydrogens (tertiary/aromatic N) is 3. The maximum atomic E-state index is 13.4.